The Morgan fingerprint density at radius 2 is 1.44 bits per heavy atom. The van der Waals surface area contributed by atoms with E-state index in [9.17, 15) is 4.79 Å². The standard InChI is InChI=1S/C29H23BrO4/c1-32-24-13-12-18(16-25(24)33-2)19-8-4-5-9-20(19)27-28(30)21-10-6-7-11-22(21)29(27)15-14-23(31)26(17-29)34-3/h4-17H,1-3H3. The zero-order valence-corrected chi connectivity index (χ0v) is 20.7. The first-order chi connectivity index (χ1) is 16.5. The molecule has 0 fully saturated rings. The van der Waals surface area contributed by atoms with Crippen molar-refractivity contribution in [2.24, 2.45) is 0 Å². The lowest BCUT2D eigenvalue weighted by molar-refractivity contribution is -0.114. The Kier molecular flexibility index (Phi) is 5.66. The number of hydrogen-bond acceptors (Lipinski definition) is 4. The molecule has 4 nitrogen and oxygen atoms in total. The van der Waals surface area contributed by atoms with Gasteiger partial charge >= 0.3 is 0 Å². The van der Waals surface area contributed by atoms with Gasteiger partial charge < -0.3 is 14.2 Å². The van der Waals surface area contributed by atoms with Gasteiger partial charge in [0.15, 0.2) is 17.3 Å². The fraction of sp³-hybridized carbons (Fsp3) is 0.138. The van der Waals surface area contributed by atoms with Crippen LogP contribution in [-0.2, 0) is 14.9 Å². The minimum absolute atomic E-state index is 0.138. The molecule has 1 spiro atoms. The lowest BCUT2D eigenvalue weighted by Crippen LogP contribution is -2.26. The quantitative estimate of drug-likeness (QED) is 0.387. The SMILES string of the molecule is COC1=CC2(C=CC1=O)C(c1ccccc1-c1ccc(OC)c(OC)c1)=C(Br)c1ccccc12. The summed E-state index contributed by atoms with van der Waals surface area (Å²) in [5.41, 5.74) is 5.67. The number of ketones is 1. The van der Waals surface area contributed by atoms with Gasteiger partial charge in [-0.1, -0.05) is 60.7 Å². The first-order valence-corrected chi connectivity index (χ1v) is 11.7. The van der Waals surface area contributed by atoms with Gasteiger partial charge in [0.2, 0.25) is 5.78 Å². The van der Waals surface area contributed by atoms with Gasteiger partial charge in [-0.15, -0.1) is 0 Å². The number of rotatable bonds is 5. The van der Waals surface area contributed by atoms with Gasteiger partial charge in [0.05, 0.1) is 26.7 Å². The summed E-state index contributed by atoms with van der Waals surface area (Å²) in [5.74, 6) is 1.54. The third-order valence-corrected chi connectivity index (χ3v) is 7.28. The Hall–Kier alpha value is -3.57. The van der Waals surface area contributed by atoms with Gasteiger partial charge in [0.1, 0.15) is 0 Å². The lowest BCUT2D eigenvalue weighted by Gasteiger charge is -2.31. The van der Waals surface area contributed by atoms with Crippen LogP contribution in [0.25, 0.3) is 21.2 Å². The van der Waals surface area contributed by atoms with E-state index in [1.165, 1.54) is 7.11 Å². The molecule has 0 amide bonds. The minimum Gasteiger partial charge on any atom is -0.493 e. The van der Waals surface area contributed by atoms with E-state index < -0.39 is 5.41 Å². The fourth-order valence-corrected chi connectivity index (χ4v) is 5.77. The molecule has 0 aliphatic heterocycles. The van der Waals surface area contributed by atoms with Crippen molar-refractivity contribution in [3.05, 3.63) is 107 Å². The van der Waals surface area contributed by atoms with Crippen LogP contribution in [0, 0.1) is 0 Å². The van der Waals surface area contributed by atoms with Crippen LogP contribution in [-0.4, -0.2) is 27.1 Å². The smallest absolute Gasteiger partial charge is 0.219 e. The second-order valence-electron chi connectivity index (χ2n) is 8.13. The highest BCUT2D eigenvalue weighted by Crippen LogP contribution is 2.57. The van der Waals surface area contributed by atoms with E-state index in [0.29, 0.717) is 17.3 Å². The Bertz CT molecular complexity index is 1400. The molecule has 3 aromatic rings. The highest BCUT2D eigenvalue weighted by atomic mass is 79.9. The highest BCUT2D eigenvalue weighted by Gasteiger charge is 2.45. The van der Waals surface area contributed by atoms with Crippen LogP contribution in [0.3, 0.4) is 0 Å². The van der Waals surface area contributed by atoms with Crippen molar-refractivity contribution in [3.63, 3.8) is 0 Å². The van der Waals surface area contributed by atoms with Crippen molar-refractivity contribution in [2.75, 3.05) is 21.3 Å². The first kappa shape index (κ1) is 22.2. The molecule has 1 atom stereocenters. The van der Waals surface area contributed by atoms with Crippen LogP contribution >= 0.6 is 15.9 Å². The summed E-state index contributed by atoms with van der Waals surface area (Å²) in [6, 6.07) is 22.4. The molecule has 0 N–H and O–H groups in total. The summed E-state index contributed by atoms with van der Waals surface area (Å²) in [4.78, 5) is 12.5. The van der Waals surface area contributed by atoms with Crippen molar-refractivity contribution in [1.82, 2.24) is 0 Å². The molecule has 0 bridgehead atoms. The van der Waals surface area contributed by atoms with E-state index in [1.807, 2.05) is 54.6 Å². The van der Waals surface area contributed by atoms with Gasteiger partial charge in [0.25, 0.3) is 0 Å². The fourth-order valence-electron chi connectivity index (χ4n) is 4.88. The van der Waals surface area contributed by atoms with E-state index >= 15 is 0 Å². The van der Waals surface area contributed by atoms with Crippen molar-refractivity contribution in [1.29, 1.82) is 0 Å². The number of halogens is 1. The van der Waals surface area contributed by atoms with Gasteiger partial charge in [-0.3, -0.25) is 4.79 Å². The van der Waals surface area contributed by atoms with Crippen molar-refractivity contribution in [3.8, 4) is 22.6 Å². The van der Waals surface area contributed by atoms with Crippen molar-refractivity contribution in [2.45, 2.75) is 5.41 Å². The summed E-state index contributed by atoms with van der Waals surface area (Å²) in [7, 11) is 4.80. The van der Waals surface area contributed by atoms with E-state index in [-0.39, 0.29) is 5.78 Å². The Morgan fingerprint density at radius 3 is 2.15 bits per heavy atom. The molecule has 0 saturated heterocycles. The maximum atomic E-state index is 12.5. The highest BCUT2D eigenvalue weighted by molar-refractivity contribution is 9.15. The van der Waals surface area contributed by atoms with Crippen molar-refractivity contribution < 1.29 is 19.0 Å². The maximum absolute atomic E-state index is 12.5. The summed E-state index contributed by atoms with van der Waals surface area (Å²) in [5, 5.41) is 0. The van der Waals surface area contributed by atoms with E-state index in [1.54, 1.807) is 20.3 Å². The van der Waals surface area contributed by atoms with Crippen LogP contribution in [0.2, 0.25) is 0 Å². The summed E-state index contributed by atoms with van der Waals surface area (Å²) in [6.45, 7) is 0. The minimum atomic E-state index is -0.651. The molecule has 0 radical (unpaired) electrons. The molecule has 2 aliphatic carbocycles. The molecule has 170 valence electrons. The zero-order valence-electron chi connectivity index (χ0n) is 19.1. The van der Waals surface area contributed by atoms with Crippen LogP contribution < -0.4 is 9.47 Å². The van der Waals surface area contributed by atoms with Gasteiger partial charge in [0, 0.05) is 4.48 Å². The third-order valence-electron chi connectivity index (χ3n) is 6.45. The number of allylic oxidation sites excluding steroid dienone is 4. The average molecular weight is 515 g/mol. The molecule has 0 saturated carbocycles. The summed E-state index contributed by atoms with van der Waals surface area (Å²) < 4.78 is 17.5. The first-order valence-electron chi connectivity index (χ1n) is 10.9. The van der Waals surface area contributed by atoms with Crippen LogP contribution in [0.4, 0.5) is 0 Å². The molecule has 0 heterocycles. The number of carbonyl (C=O) groups excluding carboxylic acids is 1. The summed E-state index contributed by atoms with van der Waals surface area (Å²) >= 11 is 3.91. The molecule has 5 rings (SSSR count). The topological polar surface area (TPSA) is 44.8 Å². The number of ether oxygens (including phenoxy) is 3. The molecule has 3 aromatic carbocycles. The molecule has 34 heavy (non-hydrogen) atoms. The van der Waals surface area contributed by atoms with Crippen LogP contribution in [0.5, 0.6) is 11.5 Å². The molecule has 0 aromatic heterocycles. The lowest BCUT2D eigenvalue weighted by atomic mass is 9.71. The van der Waals surface area contributed by atoms with Crippen molar-refractivity contribution >= 4 is 31.8 Å². The number of fused-ring (bicyclic) bond motifs is 2. The molecular weight excluding hydrogens is 492 g/mol. The zero-order chi connectivity index (χ0) is 23.9. The average Bonchev–Trinajstić information content (AvgIpc) is 3.12. The second kappa shape index (κ2) is 8.65. The van der Waals surface area contributed by atoms with E-state index in [4.69, 9.17) is 14.2 Å². The van der Waals surface area contributed by atoms with E-state index in [0.717, 1.165) is 37.9 Å². The predicted molar refractivity (Wildman–Crippen MR) is 138 cm³/mol. The number of methoxy groups -OCH3 is 3. The van der Waals surface area contributed by atoms with Gasteiger partial charge in [-0.25, -0.2) is 0 Å². The summed E-state index contributed by atoms with van der Waals surface area (Å²) in [6.07, 6.45) is 5.52. The van der Waals surface area contributed by atoms with Gasteiger partial charge in [-0.2, -0.15) is 0 Å². The Balaban J connectivity index is 1.78. The Labute approximate surface area is 207 Å². The van der Waals surface area contributed by atoms with Gasteiger partial charge in [-0.05, 0) is 73.6 Å². The number of hydrogen-bond donors (Lipinski definition) is 0. The Morgan fingerprint density at radius 1 is 0.765 bits per heavy atom. The van der Waals surface area contributed by atoms with Crippen LogP contribution in [0.15, 0.2) is 90.7 Å². The second-order valence-corrected chi connectivity index (χ2v) is 8.92. The van der Waals surface area contributed by atoms with Crippen LogP contribution in [0.1, 0.15) is 16.7 Å². The number of benzene rings is 3. The van der Waals surface area contributed by atoms with E-state index in [2.05, 4.69) is 40.2 Å². The monoisotopic (exact) mass is 514 g/mol. The number of carbonyl (C=O) groups is 1. The maximum Gasteiger partial charge on any atom is 0.219 e. The largest absolute Gasteiger partial charge is 0.493 e. The molecule has 1 unspecified atom stereocenters. The molecule has 5 heteroatoms. The molecular formula is C29H23BrO4. The third kappa shape index (κ3) is 3.31. The predicted octanol–water partition coefficient (Wildman–Crippen LogP) is 6.55. The molecule has 2 aliphatic rings. The normalized spacial score (nSPS) is 18.7.